The third-order valence-corrected chi connectivity index (χ3v) is 4.41. The molecule has 1 aromatic carbocycles. The van der Waals surface area contributed by atoms with Gasteiger partial charge in [-0.25, -0.2) is 0 Å². The molecule has 96 valence electrons. The van der Waals surface area contributed by atoms with Gasteiger partial charge in [-0.1, -0.05) is 35.0 Å². The Bertz CT molecular complexity index is 525. The normalized spacial score (nSPS) is 19.6. The highest BCUT2D eigenvalue weighted by atomic mass is 35.5. The van der Waals surface area contributed by atoms with Crippen LogP contribution in [0.25, 0.3) is 0 Å². The van der Waals surface area contributed by atoms with Crippen LogP contribution in [0.4, 0.5) is 5.69 Å². The highest BCUT2D eigenvalue weighted by molar-refractivity contribution is 8.05. The molecule has 0 fully saturated rings. The number of nitrogens with two attached hydrogens (primary N) is 1. The topological polar surface area (TPSA) is 46.3 Å². The first-order chi connectivity index (χ1) is 8.40. The molecule has 0 saturated carbocycles. The molecule has 1 atom stereocenters. The minimum atomic E-state index is -0.403. The lowest BCUT2D eigenvalue weighted by Gasteiger charge is -2.25. The second-order valence-electron chi connectivity index (χ2n) is 3.99. The van der Waals surface area contributed by atoms with Crippen LogP contribution in [0.2, 0.25) is 10.0 Å². The SMILES string of the molecule is CC1=C(C(N)=O)SC(C)N1c1cc(Cl)cc(Cl)c1. The second kappa shape index (κ2) is 5.03. The van der Waals surface area contributed by atoms with Crippen molar-refractivity contribution in [3.8, 4) is 0 Å². The molecule has 1 heterocycles. The molecule has 1 aliphatic rings. The lowest BCUT2D eigenvalue weighted by Crippen LogP contribution is -2.24. The number of allylic oxidation sites excluding steroid dienone is 1. The van der Waals surface area contributed by atoms with Gasteiger partial charge in [0.25, 0.3) is 5.91 Å². The van der Waals surface area contributed by atoms with Crippen LogP contribution < -0.4 is 10.6 Å². The van der Waals surface area contributed by atoms with Gasteiger partial charge in [-0.2, -0.15) is 0 Å². The van der Waals surface area contributed by atoms with Crippen LogP contribution in [-0.4, -0.2) is 11.3 Å². The largest absolute Gasteiger partial charge is 0.365 e. The number of hydrogen-bond donors (Lipinski definition) is 1. The molecule has 1 aromatic rings. The van der Waals surface area contributed by atoms with Gasteiger partial charge in [0, 0.05) is 21.4 Å². The van der Waals surface area contributed by atoms with Crippen LogP contribution in [0.5, 0.6) is 0 Å². The summed E-state index contributed by atoms with van der Waals surface area (Å²) in [6.07, 6.45) is 0. The summed E-state index contributed by atoms with van der Waals surface area (Å²) >= 11 is 13.4. The Morgan fingerprint density at radius 1 is 1.33 bits per heavy atom. The molecule has 0 radical (unpaired) electrons. The van der Waals surface area contributed by atoms with Crippen molar-refractivity contribution in [2.75, 3.05) is 4.90 Å². The van der Waals surface area contributed by atoms with E-state index >= 15 is 0 Å². The maximum absolute atomic E-state index is 11.3. The minimum absolute atomic E-state index is 0.0852. The Balaban J connectivity index is 2.47. The maximum Gasteiger partial charge on any atom is 0.256 e. The zero-order valence-electron chi connectivity index (χ0n) is 9.91. The number of hydrogen-bond acceptors (Lipinski definition) is 3. The average Bonchev–Trinajstić information content (AvgIpc) is 2.52. The first-order valence-electron chi connectivity index (χ1n) is 5.33. The fourth-order valence-corrected chi connectivity index (χ4v) is 3.63. The van der Waals surface area contributed by atoms with E-state index in [1.54, 1.807) is 6.07 Å². The fraction of sp³-hybridized carbons (Fsp3) is 0.250. The lowest BCUT2D eigenvalue weighted by atomic mass is 10.2. The molecule has 6 heteroatoms. The van der Waals surface area contributed by atoms with Crippen molar-refractivity contribution in [2.24, 2.45) is 5.73 Å². The Labute approximate surface area is 120 Å². The first-order valence-corrected chi connectivity index (χ1v) is 6.96. The third kappa shape index (κ3) is 2.46. The number of halogens is 2. The van der Waals surface area contributed by atoms with Crippen LogP contribution in [0.3, 0.4) is 0 Å². The van der Waals surface area contributed by atoms with Crippen LogP contribution >= 0.6 is 35.0 Å². The van der Waals surface area contributed by atoms with E-state index < -0.39 is 5.91 Å². The molecule has 0 spiro atoms. The zero-order chi connectivity index (χ0) is 13.4. The molecule has 1 amide bonds. The molecule has 3 nitrogen and oxygen atoms in total. The molecule has 0 aromatic heterocycles. The van der Waals surface area contributed by atoms with E-state index in [0.717, 1.165) is 11.4 Å². The first kappa shape index (κ1) is 13.6. The fourth-order valence-electron chi connectivity index (χ4n) is 2.01. The molecular formula is C12H12Cl2N2OS. The molecule has 0 bridgehead atoms. The number of nitrogens with zero attached hydrogens (tertiary/aromatic N) is 1. The molecule has 0 aliphatic carbocycles. The number of primary amides is 1. The van der Waals surface area contributed by atoms with Crippen LogP contribution in [0, 0.1) is 0 Å². The summed E-state index contributed by atoms with van der Waals surface area (Å²) in [4.78, 5) is 13.9. The Morgan fingerprint density at radius 2 is 1.89 bits per heavy atom. The summed E-state index contributed by atoms with van der Waals surface area (Å²) < 4.78 is 0. The van der Waals surface area contributed by atoms with Crippen molar-refractivity contribution in [1.29, 1.82) is 0 Å². The monoisotopic (exact) mass is 302 g/mol. The van der Waals surface area contributed by atoms with E-state index in [-0.39, 0.29) is 5.37 Å². The molecule has 1 aliphatic heterocycles. The molecule has 0 saturated heterocycles. The zero-order valence-corrected chi connectivity index (χ0v) is 12.2. The average molecular weight is 303 g/mol. The molecule has 2 rings (SSSR count). The molecule has 1 unspecified atom stereocenters. The number of rotatable bonds is 2. The summed E-state index contributed by atoms with van der Waals surface area (Å²) in [6, 6.07) is 5.31. The third-order valence-electron chi connectivity index (χ3n) is 2.69. The van der Waals surface area contributed by atoms with Crippen molar-refractivity contribution in [2.45, 2.75) is 19.2 Å². The summed E-state index contributed by atoms with van der Waals surface area (Å²) in [5.41, 5.74) is 7.05. The van der Waals surface area contributed by atoms with E-state index in [4.69, 9.17) is 28.9 Å². The lowest BCUT2D eigenvalue weighted by molar-refractivity contribution is -0.113. The molecule has 2 N–H and O–H groups in total. The van der Waals surface area contributed by atoms with Gasteiger partial charge >= 0.3 is 0 Å². The van der Waals surface area contributed by atoms with Crippen LogP contribution in [0.1, 0.15) is 13.8 Å². The number of anilines is 1. The Hall–Kier alpha value is -0.840. The summed E-state index contributed by atoms with van der Waals surface area (Å²) in [6.45, 7) is 3.87. The highest BCUT2D eigenvalue weighted by Gasteiger charge is 2.30. The maximum atomic E-state index is 11.3. The minimum Gasteiger partial charge on any atom is -0.365 e. The quantitative estimate of drug-likeness (QED) is 0.908. The smallest absolute Gasteiger partial charge is 0.256 e. The number of carbonyl (C=O) groups is 1. The molecular weight excluding hydrogens is 291 g/mol. The van der Waals surface area contributed by atoms with E-state index in [2.05, 4.69) is 0 Å². The van der Waals surface area contributed by atoms with Gasteiger partial charge in [-0.15, -0.1) is 0 Å². The standard InChI is InChI=1S/C12H12Cl2N2OS/c1-6-11(12(15)17)18-7(2)16(6)10-4-8(13)3-9(14)5-10/h3-5,7H,1-2H3,(H2,15,17). The number of benzene rings is 1. The predicted octanol–water partition coefficient (Wildman–Crippen LogP) is 3.61. The van der Waals surface area contributed by atoms with Crippen molar-refractivity contribution in [3.63, 3.8) is 0 Å². The van der Waals surface area contributed by atoms with E-state index in [9.17, 15) is 4.79 Å². The predicted molar refractivity (Wildman–Crippen MR) is 77.9 cm³/mol. The Kier molecular flexibility index (Phi) is 3.80. The van der Waals surface area contributed by atoms with Gasteiger partial charge < -0.3 is 10.6 Å². The van der Waals surface area contributed by atoms with Gasteiger partial charge in [0.1, 0.15) is 0 Å². The van der Waals surface area contributed by atoms with Crippen molar-refractivity contribution >= 4 is 46.6 Å². The van der Waals surface area contributed by atoms with E-state index in [1.165, 1.54) is 11.8 Å². The van der Waals surface area contributed by atoms with Gasteiger partial charge in [-0.05, 0) is 32.0 Å². The van der Waals surface area contributed by atoms with Crippen molar-refractivity contribution in [1.82, 2.24) is 0 Å². The Morgan fingerprint density at radius 3 is 2.33 bits per heavy atom. The molecule has 18 heavy (non-hydrogen) atoms. The van der Waals surface area contributed by atoms with Gasteiger partial charge in [0.05, 0.1) is 10.3 Å². The number of amides is 1. The van der Waals surface area contributed by atoms with E-state index in [0.29, 0.717) is 15.0 Å². The van der Waals surface area contributed by atoms with Gasteiger partial charge in [-0.3, -0.25) is 4.79 Å². The van der Waals surface area contributed by atoms with Crippen molar-refractivity contribution < 1.29 is 4.79 Å². The van der Waals surface area contributed by atoms with Crippen LogP contribution in [0.15, 0.2) is 28.8 Å². The second-order valence-corrected chi connectivity index (χ2v) is 6.19. The number of carbonyl (C=O) groups excluding carboxylic acids is 1. The summed E-state index contributed by atoms with van der Waals surface area (Å²) in [5.74, 6) is -0.403. The summed E-state index contributed by atoms with van der Waals surface area (Å²) in [5, 5.41) is 1.21. The van der Waals surface area contributed by atoms with Crippen LogP contribution in [-0.2, 0) is 4.79 Å². The van der Waals surface area contributed by atoms with Crippen molar-refractivity contribution in [3.05, 3.63) is 38.8 Å². The van der Waals surface area contributed by atoms with E-state index in [1.807, 2.05) is 30.9 Å². The van der Waals surface area contributed by atoms with Gasteiger partial charge in [0.15, 0.2) is 0 Å². The number of thioether (sulfide) groups is 1. The highest BCUT2D eigenvalue weighted by Crippen LogP contribution is 2.41. The van der Waals surface area contributed by atoms with Gasteiger partial charge in [0.2, 0.25) is 0 Å². The summed E-state index contributed by atoms with van der Waals surface area (Å²) in [7, 11) is 0.